The van der Waals surface area contributed by atoms with E-state index in [9.17, 15) is 17.6 Å². The average molecular weight is 494 g/mol. The summed E-state index contributed by atoms with van der Waals surface area (Å²) in [5.41, 5.74) is 0.627. The number of sulfonamides is 1. The van der Waals surface area contributed by atoms with Crippen molar-refractivity contribution in [2.24, 2.45) is 4.99 Å². The van der Waals surface area contributed by atoms with Gasteiger partial charge in [-0.2, -0.15) is 9.30 Å². The number of hydrogen-bond donors (Lipinski definition) is 0. The summed E-state index contributed by atoms with van der Waals surface area (Å²) in [7, 11) is -2.09. The Morgan fingerprint density at radius 2 is 1.79 bits per heavy atom. The number of carbonyl (C=O) groups excluding carboxylic acids is 1. The van der Waals surface area contributed by atoms with Gasteiger partial charge in [0, 0.05) is 32.3 Å². The smallest absolute Gasteiger partial charge is 0.279 e. The monoisotopic (exact) mass is 493 g/mol. The molecule has 0 aliphatic rings. The van der Waals surface area contributed by atoms with Crippen molar-refractivity contribution in [2.45, 2.75) is 38.1 Å². The standard InChI is InChI=1S/C23H28FN3O4S2/c1-4-13-26(14-5-2)33(29,30)18-11-9-17(10-12-18)22(28)25-23-27(15-16-31-3)21-19(24)7-6-8-20(21)32-23/h6-12H,4-5,13-16H2,1-3H3. The number of benzene rings is 2. The van der Waals surface area contributed by atoms with Gasteiger partial charge in [-0.05, 0) is 49.2 Å². The molecule has 0 bridgehead atoms. The van der Waals surface area contributed by atoms with Gasteiger partial charge in [-0.1, -0.05) is 31.3 Å². The first kappa shape index (κ1) is 25.2. The molecule has 3 aromatic rings. The number of thiazole rings is 1. The van der Waals surface area contributed by atoms with Gasteiger partial charge < -0.3 is 9.30 Å². The van der Waals surface area contributed by atoms with Crippen LogP contribution in [0, 0.1) is 5.82 Å². The fourth-order valence-corrected chi connectivity index (χ4v) is 6.18. The lowest BCUT2D eigenvalue weighted by atomic mass is 10.2. The van der Waals surface area contributed by atoms with Crippen molar-refractivity contribution in [2.75, 3.05) is 26.8 Å². The van der Waals surface area contributed by atoms with Crippen LogP contribution in [0.2, 0.25) is 0 Å². The van der Waals surface area contributed by atoms with E-state index in [0.717, 1.165) is 0 Å². The predicted octanol–water partition coefficient (Wildman–Crippen LogP) is 4.04. The number of aromatic nitrogens is 1. The predicted molar refractivity (Wildman–Crippen MR) is 127 cm³/mol. The van der Waals surface area contributed by atoms with Crippen LogP contribution in [0.15, 0.2) is 52.4 Å². The first-order valence-corrected chi connectivity index (χ1v) is 13.0. The molecule has 0 aliphatic carbocycles. The van der Waals surface area contributed by atoms with E-state index in [4.69, 9.17) is 4.74 Å². The summed E-state index contributed by atoms with van der Waals surface area (Å²) in [6.45, 7) is 5.41. The second-order valence-corrected chi connectivity index (χ2v) is 10.4. The molecule has 33 heavy (non-hydrogen) atoms. The Hall–Kier alpha value is -2.40. The largest absolute Gasteiger partial charge is 0.383 e. The van der Waals surface area contributed by atoms with Gasteiger partial charge in [0.1, 0.15) is 5.82 Å². The Bertz CT molecular complexity index is 1280. The third-order valence-electron chi connectivity index (χ3n) is 5.05. The minimum Gasteiger partial charge on any atom is -0.383 e. The maximum atomic E-state index is 14.4. The van der Waals surface area contributed by atoms with Crippen LogP contribution in [-0.4, -0.2) is 50.0 Å². The van der Waals surface area contributed by atoms with Crippen LogP contribution in [0.5, 0.6) is 0 Å². The maximum absolute atomic E-state index is 14.4. The molecule has 10 heteroatoms. The molecule has 0 radical (unpaired) electrons. The van der Waals surface area contributed by atoms with E-state index >= 15 is 0 Å². The van der Waals surface area contributed by atoms with Gasteiger partial charge in [-0.25, -0.2) is 12.8 Å². The summed E-state index contributed by atoms with van der Waals surface area (Å²) in [4.78, 5) is 17.5. The van der Waals surface area contributed by atoms with Crippen molar-refractivity contribution in [3.63, 3.8) is 0 Å². The quantitative estimate of drug-likeness (QED) is 0.427. The Kier molecular flexibility index (Phi) is 8.52. The molecule has 178 valence electrons. The Labute approximate surface area is 197 Å². The summed E-state index contributed by atoms with van der Waals surface area (Å²) in [5.74, 6) is -0.928. The van der Waals surface area contributed by atoms with Crippen molar-refractivity contribution >= 4 is 37.5 Å². The van der Waals surface area contributed by atoms with Gasteiger partial charge >= 0.3 is 0 Å². The van der Waals surface area contributed by atoms with Crippen molar-refractivity contribution in [1.82, 2.24) is 8.87 Å². The molecule has 0 atom stereocenters. The minimum atomic E-state index is -3.63. The summed E-state index contributed by atoms with van der Waals surface area (Å²) in [6, 6.07) is 10.5. The minimum absolute atomic E-state index is 0.139. The number of ether oxygens (including phenoxy) is 1. The Balaban J connectivity index is 1.95. The molecular formula is C23H28FN3O4S2. The van der Waals surface area contributed by atoms with Crippen LogP contribution in [0.25, 0.3) is 10.2 Å². The van der Waals surface area contributed by atoms with Crippen LogP contribution in [0.1, 0.15) is 37.0 Å². The number of hydrogen-bond acceptors (Lipinski definition) is 5. The molecule has 0 spiro atoms. The number of halogens is 1. The molecule has 1 amide bonds. The van der Waals surface area contributed by atoms with E-state index in [1.165, 1.54) is 46.0 Å². The SMILES string of the molecule is CCCN(CCC)S(=O)(=O)c1ccc(C(=O)N=c2sc3cccc(F)c3n2CCOC)cc1. The summed E-state index contributed by atoms with van der Waals surface area (Å²) in [5, 5.41) is 0. The lowest BCUT2D eigenvalue weighted by molar-refractivity contribution is 0.0997. The molecule has 0 saturated heterocycles. The van der Waals surface area contributed by atoms with Gasteiger partial charge in [0.25, 0.3) is 5.91 Å². The highest BCUT2D eigenvalue weighted by atomic mass is 32.2. The lowest BCUT2D eigenvalue weighted by Crippen LogP contribution is -2.32. The zero-order valence-corrected chi connectivity index (χ0v) is 20.6. The van der Waals surface area contributed by atoms with E-state index in [-0.39, 0.29) is 10.5 Å². The molecule has 0 saturated carbocycles. The number of nitrogens with zero attached hydrogens (tertiary/aromatic N) is 3. The Morgan fingerprint density at radius 3 is 2.39 bits per heavy atom. The second-order valence-electron chi connectivity index (χ2n) is 7.46. The van der Waals surface area contributed by atoms with Crippen LogP contribution in [0.3, 0.4) is 0 Å². The zero-order valence-electron chi connectivity index (χ0n) is 19.0. The molecule has 0 aliphatic heterocycles. The van der Waals surface area contributed by atoms with Gasteiger partial charge in [0.05, 0.1) is 21.7 Å². The van der Waals surface area contributed by atoms with E-state index < -0.39 is 21.7 Å². The van der Waals surface area contributed by atoms with Crippen molar-refractivity contribution in [3.8, 4) is 0 Å². The Morgan fingerprint density at radius 1 is 1.12 bits per heavy atom. The maximum Gasteiger partial charge on any atom is 0.279 e. The fourth-order valence-electron chi connectivity index (χ4n) is 3.48. The average Bonchev–Trinajstić information content (AvgIpc) is 3.15. The highest BCUT2D eigenvalue weighted by Gasteiger charge is 2.23. The lowest BCUT2D eigenvalue weighted by Gasteiger charge is -2.21. The normalized spacial score (nSPS) is 12.7. The number of methoxy groups -OCH3 is 1. The number of fused-ring (bicyclic) bond motifs is 1. The number of para-hydroxylation sites is 1. The van der Waals surface area contributed by atoms with E-state index in [1.54, 1.807) is 23.8 Å². The van der Waals surface area contributed by atoms with Crippen molar-refractivity contribution in [3.05, 3.63) is 58.6 Å². The third-order valence-corrected chi connectivity index (χ3v) is 8.01. The van der Waals surface area contributed by atoms with E-state index in [1.807, 2.05) is 13.8 Å². The zero-order chi connectivity index (χ0) is 24.0. The van der Waals surface area contributed by atoms with E-state index in [0.29, 0.717) is 54.1 Å². The van der Waals surface area contributed by atoms with E-state index in [2.05, 4.69) is 4.99 Å². The molecule has 0 fully saturated rings. The van der Waals surface area contributed by atoms with Crippen LogP contribution >= 0.6 is 11.3 Å². The molecule has 3 rings (SSSR count). The molecule has 1 aromatic heterocycles. The molecule has 0 unspecified atom stereocenters. The summed E-state index contributed by atoms with van der Waals surface area (Å²) >= 11 is 1.21. The summed E-state index contributed by atoms with van der Waals surface area (Å²) < 4.78 is 49.2. The molecule has 1 heterocycles. The highest BCUT2D eigenvalue weighted by Crippen LogP contribution is 2.21. The third kappa shape index (κ3) is 5.57. The van der Waals surface area contributed by atoms with Crippen molar-refractivity contribution in [1.29, 1.82) is 0 Å². The van der Waals surface area contributed by atoms with Crippen LogP contribution < -0.4 is 4.80 Å². The van der Waals surface area contributed by atoms with Gasteiger partial charge in [0.2, 0.25) is 10.0 Å². The van der Waals surface area contributed by atoms with Gasteiger partial charge in [-0.3, -0.25) is 4.79 Å². The van der Waals surface area contributed by atoms with Gasteiger partial charge in [-0.15, -0.1) is 0 Å². The van der Waals surface area contributed by atoms with Gasteiger partial charge in [0.15, 0.2) is 4.80 Å². The molecule has 7 nitrogen and oxygen atoms in total. The molecule has 0 N–H and O–H groups in total. The highest BCUT2D eigenvalue weighted by molar-refractivity contribution is 7.89. The summed E-state index contributed by atoms with van der Waals surface area (Å²) in [6.07, 6.45) is 1.43. The fraction of sp³-hybridized carbons (Fsp3) is 0.391. The van der Waals surface area contributed by atoms with Crippen LogP contribution in [0.4, 0.5) is 4.39 Å². The molecule has 2 aromatic carbocycles. The first-order valence-electron chi connectivity index (χ1n) is 10.8. The second kappa shape index (κ2) is 11.1. The van der Waals surface area contributed by atoms with Crippen LogP contribution in [-0.2, 0) is 21.3 Å². The number of rotatable bonds is 10. The molecular weight excluding hydrogens is 465 g/mol. The number of carbonyl (C=O) groups is 1. The first-order chi connectivity index (χ1) is 15.8. The van der Waals surface area contributed by atoms with Crippen molar-refractivity contribution < 1.29 is 22.3 Å². The number of amides is 1. The topological polar surface area (TPSA) is 81.0 Å².